The van der Waals surface area contributed by atoms with E-state index in [4.69, 9.17) is 0 Å². The van der Waals surface area contributed by atoms with E-state index in [1.807, 2.05) is 45.9 Å². The highest BCUT2D eigenvalue weighted by Crippen LogP contribution is 2.15. The van der Waals surface area contributed by atoms with Crippen molar-refractivity contribution in [2.75, 3.05) is 11.9 Å². The number of carbonyl (C=O) groups excluding carboxylic acids is 2. The zero-order valence-corrected chi connectivity index (χ0v) is 14.5. The van der Waals surface area contributed by atoms with Crippen LogP contribution in [-0.2, 0) is 0 Å². The van der Waals surface area contributed by atoms with E-state index in [0.717, 1.165) is 11.3 Å². The molecule has 0 aliphatic rings. The van der Waals surface area contributed by atoms with Gasteiger partial charge >= 0.3 is 0 Å². The van der Waals surface area contributed by atoms with Crippen LogP contribution in [0.1, 0.15) is 45.7 Å². The summed E-state index contributed by atoms with van der Waals surface area (Å²) in [4.78, 5) is 28.5. The third kappa shape index (κ3) is 4.65. The average Bonchev–Trinajstić information content (AvgIpc) is 2.56. The first kappa shape index (κ1) is 17.7. The minimum absolute atomic E-state index is 0.225. The van der Waals surface area contributed by atoms with Crippen LogP contribution in [0.25, 0.3) is 0 Å². The van der Waals surface area contributed by atoms with E-state index in [9.17, 15) is 9.59 Å². The molecule has 0 unspecified atom stereocenters. The number of hydrogen-bond donors (Lipinski definition) is 2. The van der Waals surface area contributed by atoms with Crippen molar-refractivity contribution >= 4 is 17.5 Å². The van der Waals surface area contributed by atoms with Crippen LogP contribution in [0.4, 0.5) is 5.69 Å². The highest BCUT2D eigenvalue weighted by atomic mass is 16.2. The van der Waals surface area contributed by atoms with Crippen LogP contribution >= 0.6 is 0 Å². The molecule has 2 aromatic rings. The van der Waals surface area contributed by atoms with Gasteiger partial charge in [-0.3, -0.25) is 14.6 Å². The molecule has 126 valence electrons. The van der Waals surface area contributed by atoms with E-state index in [1.54, 1.807) is 6.07 Å². The molecular weight excluding hydrogens is 302 g/mol. The molecule has 0 bridgehead atoms. The van der Waals surface area contributed by atoms with E-state index in [2.05, 4.69) is 15.6 Å². The molecule has 5 nitrogen and oxygen atoms in total. The zero-order chi connectivity index (χ0) is 17.7. The number of rotatable bonds is 5. The van der Waals surface area contributed by atoms with Gasteiger partial charge in [-0.15, -0.1) is 0 Å². The Labute approximate surface area is 142 Å². The van der Waals surface area contributed by atoms with Crippen LogP contribution in [0.15, 0.2) is 36.7 Å². The molecule has 0 aliphatic carbocycles. The van der Waals surface area contributed by atoms with Crippen molar-refractivity contribution in [1.82, 2.24) is 10.3 Å². The number of anilines is 1. The summed E-state index contributed by atoms with van der Waals surface area (Å²) in [5, 5.41) is 5.65. The van der Waals surface area contributed by atoms with E-state index < -0.39 is 0 Å². The van der Waals surface area contributed by atoms with Crippen LogP contribution in [-0.4, -0.2) is 23.3 Å². The summed E-state index contributed by atoms with van der Waals surface area (Å²) >= 11 is 0. The van der Waals surface area contributed by atoms with Gasteiger partial charge in [0.1, 0.15) is 0 Å². The number of carbonyl (C=O) groups is 2. The molecule has 1 heterocycles. The van der Waals surface area contributed by atoms with Crippen molar-refractivity contribution in [3.8, 4) is 0 Å². The molecule has 0 atom stereocenters. The maximum Gasteiger partial charge on any atom is 0.257 e. The first-order valence-corrected chi connectivity index (χ1v) is 7.98. The topological polar surface area (TPSA) is 71.1 Å². The lowest BCUT2D eigenvalue weighted by molar-refractivity contribution is 0.0948. The summed E-state index contributed by atoms with van der Waals surface area (Å²) in [7, 11) is 0. The molecule has 5 heteroatoms. The minimum Gasteiger partial charge on any atom is -0.352 e. The molecule has 2 rings (SSSR count). The molecule has 1 aromatic heterocycles. The highest BCUT2D eigenvalue weighted by molar-refractivity contribution is 6.05. The van der Waals surface area contributed by atoms with Gasteiger partial charge in [-0.05, 0) is 49.1 Å². The fourth-order valence-corrected chi connectivity index (χ4v) is 2.11. The standard InChI is InChI=1S/C19H23N3O2/c1-12(2)9-21-18(23)15-8-16(11-20-10-15)19(24)22-17-6-5-13(3)14(4)7-17/h5-8,10-12H,9H2,1-4H3,(H,21,23)(H,22,24). The predicted molar refractivity (Wildman–Crippen MR) is 95.3 cm³/mol. The lowest BCUT2D eigenvalue weighted by atomic mass is 10.1. The Kier molecular flexibility index (Phi) is 5.68. The lowest BCUT2D eigenvalue weighted by Crippen LogP contribution is -2.27. The number of nitrogens with one attached hydrogen (secondary N) is 2. The molecule has 0 fully saturated rings. The summed E-state index contributed by atoms with van der Waals surface area (Å²) in [5.41, 5.74) is 3.72. The van der Waals surface area contributed by atoms with Gasteiger partial charge in [-0.25, -0.2) is 0 Å². The van der Waals surface area contributed by atoms with Gasteiger partial charge in [0.25, 0.3) is 11.8 Å². The summed E-state index contributed by atoms with van der Waals surface area (Å²) in [5.74, 6) is -0.153. The smallest absolute Gasteiger partial charge is 0.257 e. The zero-order valence-electron chi connectivity index (χ0n) is 14.5. The number of nitrogens with zero attached hydrogens (tertiary/aromatic N) is 1. The summed E-state index contributed by atoms with van der Waals surface area (Å²) in [6.45, 7) is 8.63. The SMILES string of the molecule is Cc1ccc(NC(=O)c2cncc(C(=O)NCC(C)C)c2)cc1C. The molecular formula is C19H23N3O2. The molecule has 0 radical (unpaired) electrons. The van der Waals surface area contributed by atoms with Gasteiger partial charge in [0.05, 0.1) is 11.1 Å². The van der Waals surface area contributed by atoms with Gasteiger partial charge < -0.3 is 10.6 Å². The minimum atomic E-state index is -0.288. The summed E-state index contributed by atoms with van der Waals surface area (Å²) in [6.07, 6.45) is 2.91. The third-order valence-corrected chi connectivity index (χ3v) is 3.70. The number of benzene rings is 1. The summed E-state index contributed by atoms with van der Waals surface area (Å²) < 4.78 is 0. The Bertz CT molecular complexity index is 754. The van der Waals surface area contributed by atoms with Crippen molar-refractivity contribution in [1.29, 1.82) is 0 Å². The van der Waals surface area contributed by atoms with Crippen molar-refractivity contribution < 1.29 is 9.59 Å². The van der Waals surface area contributed by atoms with Crippen LogP contribution in [0, 0.1) is 19.8 Å². The largest absolute Gasteiger partial charge is 0.352 e. The highest BCUT2D eigenvalue weighted by Gasteiger charge is 2.12. The van der Waals surface area contributed by atoms with Gasteiger partial charge in [0.15, 0.2) is 0 Å². The number of aryl methyl sites for hydroxylation is 2. The van der Waals surface area contributed by atoms with Crippen molar-refractivity contribution in [2.24, 2.45) is 5.92 Å². The van der Waals surface area contributed by atoms with Crippen molar-refractivity contribution in [3.63, 3.8) is 0 Å². The third-order valence-electron chi connectivity index (χ3n) is 3.70. The monoisotopic (exact) mass is 325 g/mol. The second-order valence-corrected chi connectivity index (χ2v) is 6.32. The number of aromatic nitrogens is 1. The Morgan fingerprint density at radius 3 is 2.29 bits per heavy atom. The van der Waals surface area contributed by atoms with E-state index in [1.165, 1.54) is 18.0 Å². The Balaban J connectivity index is 2.11. The molecule has 2 N–H and O–H groups in total. The normalized spacial score (nSPS) is 10.5. The van der Waals surface area contributed by atoms with Crippen LogP contribution in [0.5, 0.6) is 0 Å². The van der Waals surface area contributed by atoms with E-state index in [0.29, 0.717) is 23.6 Å². The van der Waals surface area contributed by atoms with Gasteiger partial charge in [0.2, 0.25) is 0 Å². The first-order chi connectivity index (χ1) is 11.4. The predicted octanol–water partition coefficient (Wildman–Crippen LogP) is 3.34. The van der Waals surface area contributed by atoms with E-state index >= 15 is 0 Å². The second-order valence-electron chi connectivity index (χ2n) is 6.32. The van der Waals surface area contributed by atoms with Crippen molar-refractivity contribution in [2.45, 2.75) is 27.7 Å². The number of hydrogen-bond acceptors (Lipinski definition) is 3. The maximum absolute atomic E-state index is 12.4. The Morgan fingerprint density at radius 2 is 1.67 bits per heavy atom. The van der Waals surface area contributed by atoms with Crippen molar-refractivity contribution in [3.05, 3.63) is 58.9 Å². The average molecular weight is 325 g/mol. The van der Waals surface area contributed by atoms with Gasteiger partial charge in [-0.1, -0.05) is 19.9 Å². The molecule has 1 aromatic carbocycles. The molecule has 0 aliphatic heterocycles. The number of pyridine rings is 1. The molecule has 0 spiro atoms. The summed E-state index contributed by atoms with van der Waals surface area (Å²) in [6, 6.07) is 7.28. The van der Waals surface area contributed by atoms with Crippen LogP contribution in [0.2, 0.25) is 0 Å². The lowest BCUT2D eigenvalue weighted by Gasteiger charge is -2.10. The van der Waals surface area contributed by atoms with E-state index in [-0.39, 0.29) is 11.8 Å². The molecule has 24 heavy (non-hydrogen) atoms. The van der Waals surface area contributed by atoms with Gasteiger partial charge in [-0.2, -0.15) is 0 Å². The maximum atomic E-state index is 12.4. The Hall–Kier alpha value is -2.69. The van der Waals surface area contributed by atoms with Gasteiger partial charge in [0, 0.05) is 24.6 Å². The number of amides is 2. The fourth-order valence-electron chi connectivity index (χ4n) is 2.11. The quantitative estimate of drug-likeness (QED) is 0.885. The first-order valence-electron chi connectivity index (χ1n) is 7.98. The molecule has 2 amide bonds. The van der Waals surface area contributed by atoms with Crippen LogP contribution < -0.4 is 10.6 Å². The second kappa shape index (κ2) is 7.73. The Morgan fingerprint density at radius 1 is 1.00 bits per heavy atom. The molecule has 0 saturated carbocycles. The van der Waals surface area contributed by atoms with Crippen LogP contribution in [0.3, 0.4) is 0 Å². The molecule has 0 saturated heterocycles. The fraction of sp³-hybridized carbons (Fsp3) is 0.316.